The highest BCUT2D eigenvalue weighted by atomic mass is 16.5. The second-order valence-corrected chi connectivity index (χ2v) is 8.37. The van der Waals surface area contributed by atoms with E-state index in [2.05, 4.69) is 39.8 Å². The van der Waals surface area contributed by atoms with Crippen LogP contribution in [0.2, 0.25) is 0 Å². The zero-order valence-corrected chi connectivity index (χ0v) is 17.3. The van der Waals surface area contributed by atoms with E-state index in [-0.39, 0.29) is 11.3 Å². The number of carbonyl (C=O) groups excluding carboxylic acids is 1. The molecule has 0 saturated carbocycles. The van der Waals surface area contributed by atoms with Crippen molar-refractivity contribution in [1.82, 2.24) is 0 Å². The molecule has 0 fully saturated rings. The van der Waals surface area contributed by atoms with Crippen LogP contribution in [0.3, 0.4) is 0 Å². The zero-order valence-electron chi connectivity index (χ0n) is 17.3. The summed E-state index contributed by atoms with van der Waals surface area (Å²) in [6.45, 7) is 9.38. The van der Waals surface area contributed by atoms with Crippen LogP contribution in [0.1, 0.15) is 58.1 Å². The molecule has 0 aromatic heterocycles. The first-order valence-electron chi connectivity index (χ1n) is 10.0. The first-order chi connectivity index (χ1) is 13.3. The summed E-state index contributed by atoms with van der Waals surface area (Å²) in [5.74, 6) is 0.861. The van der Waals surface area contributed by atoms with Gasteiger partial charge in [-0.2, -0.15) is 0 Å². The number of ether oxygens (including phenoxy) is 1. The molecule has 1 amide bonds. The van der Waals surface area contributed by atoms with Gasteiger partial charge in [0.2, 0.25) is 0 Å². The number of anilines is 2. The smallest absolute Gasteiger partial charge is 0.294 e. The Bertz CT molecular complexity index is 876. The minimum atomic E-state index is -0.103. The zero-order chi connectivity index (χ0) is 20.3. The van der Waals surface area contributed by atoms with Crippen molar-refractivity contribution in [3.63, 3.8) is 0 Å². The van der Waals surface area contributed by atoms with Gasteiger partial charge in [-0.1, -0.05) is 64.8 Å². The molecule has 3 rings (SSSR count). The van der Waals surface area contributed by atoms with Crippen LogP contribution in [0.25, 0.3) is 6.08 Å². The van der Waals surface area contributed by atoms with E-state index in [0.29, 0.717) is 23.7 Å². The molecule has 148 valence electrons. The fourth-order valence-electron chi connectivity index (χ4n) is 3.30. The summed E-state index contributed by atoms with van der Waals surface area (Å²) >= 11 is 0. The Labute approximate surface area is 168 Å². The molecular formula is C24H30N2O2. The fraction of sp³-hybridized carbons (Fsp3) is 0.375. The van der Waals surface area contributed by atoms with E-state index in [1.807, 2.05) is 35.2 Å². The van der Waals surface area contributed by atoms with E-state index in [1.54, 1.807) is 6.07 Å². The quantitative estimate of drug-likeness (QED) is 0.423. The van der Waals surface area contributed by atoms with Crippen molar-refractivity contribution >= 4 is 23.4 Å². The van der Waals surface area contributed by atoms with Gasteiger partial charge >= 0.3 is 0 Å². The maximum Gasteiger partial charge on any atom is 0.294 e. The highest BCUT2D eigenvalue weighted by Gasteiger charge is 2.30. The number of rotatable bonds is 5. The number of carbonyl (C=O) groups is 1. The number of nitrogens with zero attached hydrogens (tertiary/aromatic N) is 1. The molecule has 4 nitrogen and oxygen atoms in total. The Morgan fingerprint density at radius 1 is 1.07 bits per heavy atom. The lowest BCUT2D eigenvalue weighted by molar-refractivity contribution is -0.117. The van der Waals surface area contributed by atoms with Gasteiger partial charge in [0.05, 0.1) is 5.69 Å². The number of nitrogens with two attached hydrogens (primary N) is 1. The van der Waals surface area contributed by atoms with Gasteiger partial charge in [-0.15, -0.1) is 0 Å². The average molecular weight is 379 g/mol. The Hall–Kier alpha value is -2.75. The number of hydrogen-bond acceptors (Lipinski definition) is 3. The molecule has 1 aliphatic heterocycles. The number of hydrogen-bond donors (Lipinski definition) is 1. The molecule has 0 spiro atoms. The second kappa shape index (κ2) is 8.09. The number of fused-ring (bicyclic) bond motifs is 1. The molecule has 0 aliphatic carbocycles. The predicted octanol–water partition coefficient (Wildman–Crippen LogP) is 5.52. The van der Waals surface area contributed by atoms with Crippen LogP contribution in [0.4, 0.5) is 11.4 Å². The van der Waals surface area contributed by atoms with Gasteiger partial charge in [-0.3, -0.25) is 4.79 Å². The van der Waals surface area contributed by atoms with Crippen LogP contribution in [0, 0.1) is 0 Å². The molecule has 0 bridgehead atoms. The number of nitrogen functional groups attached to an aromatic ring is 1. The molecule has 2 aromatic rings. The molecule has 4 heteroatoms. The summed E-state index contributed by atoms with van der Waals surface area (Å²) in [6.07, 6.45) is 4.96. The molecule has 28 heavy (non-hydrogen) atoms. The highest BCUT2D eigenvalue weighted by molar-refractivity contribution is 6.10. The third-order valence-corrected chi connectivity index (χ3v) is 5.01. The summed E-state index contributed by atoms with van der Waals surface area (Å²) in [5, 5.41) is 0. The molecule has 1 heterocycles. The van der Waals surface area contributed by atoms with Crippen molar-refractivity contribution in [1.29, 1.82) is 0 Å². The normalized spacial score (nSPS) is 15.5. The summed E-state index contributed by atoms with van der Waals surface area (Å²) < 4.78 is 5.95. The molecule has 2 N–H and O–H groups in total. The molecule has 1 aliphatic rings. The lowest BCUT2D eigenvalue weighted by atomic mass is 9.87. The van der Waals surface area contributed by atoms with Crippen LogP contribution >= 0.6 is 0 Å². The molecule has 2 aromatic carbocycles. The fourth-order valence-corrected chi connectivity index (χ4v) is 3.30. The Morgan fingerprint density at radius 3 is 2.43 bits per heavy atom. The molecular weight excluding hydrogens is 348 g/mol. The maximum absolute atomic E-state index is 13.1. The van der Waals surface area contributed by atoms with Gasteiger partial charge < -0.3 is 15.4 Å². The van der Waals surface area contributed by atoms with E-state index < -0.39 is 0 Å². The van der Waals surface area contributed by atoms with Crippen LogP contribution in [0.15, 0.2) is 48.2 Å². The largest absolute Gasteiger partial charge is 0.449 e. The highest BCUT2D eigenvalue weighted by Crippen LogP contribution is 2.37. The van der Waals surface area contributed by atoms with Crippen molar-refractivity contribution in [3.8, 4) is 5.75 Å². The van der Waals surface area contributed by atoms with Crippen molar-refractivity contribution in [2.75, 3.05) is 17.2 Å². The number of amides is 1. The topological polar surface area (TPSA) is 55.6 Å². The van der Waals surface area contributed by atoms with Crippen molar-refractivity contribution in [2.45, 2.75) is 52.4 Å². The van der Waals surface area contributed by atoms with E-state index in [1.165, 1.54) is 5.56 Å². The van der Waals surface area contributed by atoms with E-state index >= 15 is 0 Å². The van der Waals surface area contributed by atoms with Gasteiger partial charge in [0.15, 0.2) is 11.5 Å². The third kappa shape index (κ3) is 4.38. The first kappa shape index (κ1) is 20.0. The minimum absolute atomic E-state index is 0.0926. The van der Waals surface area contributed by atoms with Crippen LogP contribution in [0.5, 0.6) is 5.75 Å². The SMILES string of the molecule is CCCCCN1C(=O)/C(=C\c2ccc(C(C)(C)C)cc2)Oc2cc(N)ccc21. The van der Waals surface area contributed by atoms with Crippen molar-refractivity contribution in [3.05, 3.63) is 59.4 Å². The van der Waals surface area contributed by atoms with Gasteiger partial charge in [0.25, 0.3) is 5.91 Å². The Balaban J connectivity index is 1.92. The van der Waals surface area contributed by atoms with Gasteiger partial charge in [-0.25, -0.2) is 0 Å². The molecule has 0 unspecified atom stereocenters. The Morgan fingerprint density at radius 2 is 1.79 bits per heavy atom. The monoisotopic (exact) mass is 378 g/mol. The lowest BCUT2D eigenvalue weighted by Crippen LogP contribution is -2.38. The summed E-state index contributed by atoms with van der Waals surface area (Å²) in [7, 11) is 0. The standard InChI is InChI=1S/C24H30N2O2/c1-5-6-7-14-26-20-13-12-19(25)16-21(20)28-22(23(26)27)15-17-8-10-18(11-9-17)24(2,3)4/h8-13,15-16H,5-7,14,25H2,1-4H3/b22-15+. The van der Waals surface area contributed by atoms with Gasteiger partial charge in [0.1, 0.15) is 0 Å². The maximum atomic E-state index is 13.1. The van der Waals surface area contributed by atoms with E-state index in [9.17, 15) is 4.79 Å². The number of unbranched alkanes of at least 4 members (excludes halogenated alkanes) is 2. The first-order valence-corrected chi connectivity index (χ1v) is 10.0. The van der Waals surface area contributed by atoms with Crippen molar-refractivity contribution < 1.29 is 9.53 Å². The van der Waals surface area contributed by atoms with Crippen LogP contribution < -0.4 is 15.4 Å². The summed E-state index contributed by atoms with van der Waals surface area (Å²) in [5.41, 5.74) is 9.63. The van der Waals surface area contributed by atoms with Gasteiger partial charge in [0, 0.05) is 18.3 Å². The summed E-state index contributed by atoms with van der Waals surface area (Å²) in [6, 6.07) is 13.7. The molecule has 0 atom stereocenters. The number of benzene rings is 2. The molecule has 0 radical (unpaired) electrons. The third-order valence-electron chi connectivity index (χ3n) is 5.01. The minimum Gasteiger partial charge on any atom is -0.449 e. The molecule has 0 saturated heterocycles. The van der Waals surface area contributed by atoms with Crippen LogP contribution in [-0.2, 0) is 10.2 Å². The van der Waals surface area contributed by atoms with Gasteiger partial charge in [-0.05, 0) is 41.2 Å². The van der Waals surface area contributed by atoms with Crippen molar-refractivity contribution in [2.24, 2.45) is 0 Å². The van der Waals surface area contributed by atoms with E-state index in [4.69, 9.17) is 10.5 Å². The lowest BCUT2D eigenvalue weighted by Gasteiger charge is -2.30. The second-order valence-electron chi connectivity index (χ2n) is 8.37. The Kier molecular flexibility index (Phi) is 5.78. The summed E-state index contributed by atoms with van der Waals surface area (Å²) in [4.78, 5) is 14.9. The van der Waals surface area contributed by atoms with Crippen LogP contribution in [-0.4, -0.2) is 12.5 Å². The van der Waals surface area contributed by atoms with E-state index in [0.717, 1.165) is 30.5 Å². The predicted molar refractivity (Wildman–Crippen MR) is 116 cm³/mol. The average Bonchev–Trinajstić information content (AvgIpc) is 2.64.